The van der Waals surface area contributed by atoms with E-state index in [0.717, 1.165) is 0 Å². The van der Waals surface area contributed by atoms with Crippen LogP contribution in [0.15, 0.2) is 6.20 Å². The maximum Gasteiger partial charge on any atom is 0.340 e. The molecule has 1 N–H and O–H groups in total. The molecule has 15 heavy (non-hydrogen) atoms. The largest absolute Gasteiger partial charge is 0.478 e. The van der Waals surface area contributed by atoms with Crippen molar-refractivity contribution < 1.29 is 14.6 Å². The fourth-order valence-electron chi connectivity index (χ4n) is 1.04. The zero-order chi connectivity index (χ0) is 11.4. The number of hydrogen-bond donors (Lipinski definition) is 1. The van der Waals surface area contributed by atoms with Crippen molar-refractivity contribution in [1.29, 1.82) is 0 Å². The molecule has 0 aliphatic carbocycles. The Morgan fingerprint density at radius 1 is 1.73 bits per heavy atom. The Labute approximate surface area is 92.1 Å². The van der Waals surface area contributed by atoms with Gasteiger partial charge in [-0.2, -0.15) is 0 Å². The van der Waals surface area contributed by atoms with Crippen LogP contribution in [0.3, 0.4) is 0 Å². The maximum atomic E-state index is 10.6. The average Bonchev–Trinajstić information content (AvgIpc) is 2.17. The highest BCUT2D eigenvalue weighted by Gasteiger charge is 2.14. The molecule has 1 atom stereocenters. The molecule has 0 spiro atoms. The first-order chi connectivity index (χ1) is 7.06. The molecule has 0 radical (unpaired) electrons. The first kappa shape index (κ1) is 11.9. The summed E-state index contributed by atoms with van der Waals surface area (Å²) >= 11 is 5.68. The van der Waals surface area contributed by atoms with Crippen LogP contribution in [-0.4, -0.2) is 27.7 Å². The highest BCUT2D eigenvalue weighted by Crippen LogP contribution is 2.17. The lowest BCUT2D eigenvalue weighted by atomic mass is 10.3. The van der Waals surface area contributed by atoms with Gasteiger partial charge in [0.05, 0.1) is 0 Å². The van der Waals surface area contributed by atoms with E-state index < -0.39 is 5.97 Å². The van der Waals surface area contributed by atoms with Gasteiger partial charge in [-0.05, 0) is 13.8 Å². The van der Waals surface area contributed by atoms with E-state index in [9.17, 15) is 4.79 Å². The Balaban J connectivity index is 2.96. The SMILES string of the molecule is CCOC(C)c1ncc(C(=O)O)c(Cl)n1. The van der Waals surface area contributed by atoms with Crippen LogP contribution < -0.4 is 0 Å². The van der Waals surface area contributed by atoms with Gasteiger partial charge in [0.15, 0.2) is 5.82 Å². The predicted molar refractivity (Wildman–Crippen MR) is 54.0 cm³/mol. The number of aromatic carboxylic acids is 1. The van der Waals surface area contributed by atoms with Gasteiger partial charge >= 0.3 is 5.97 Å². The van der Waals surface area contributed by atoms with E-state index in [0.29, 0.717) is 12.4 Å². The first-order valence-corrected chi connectivity index (χ1v) is 4.81. The lowest BCUT2D eigenvalue weighted by molar-refractivity contribution is 0.0676. The minimum absolute atomic E-state index is 0.0703. The summed E-state index contributed by atoms with van der Waals surface area (Å²) in [5, 5.41) is 8.63. The van der Waals surface area contributed by atoms with E-state index in [1.807, 2.05) is 6.92 Å². The minimum atomic E-state index is -1.14. The summed E-state index contributed by atoms with van der Waals surface area (Å²) in [6.45, 7) is 4.15. The van der Waals surface area contributed by atoms with Crippen molar-refractivity contribution in [3.63, 3.8) is 0 Å². The van der Waals surface area contributed by atoms with Crippen LogP contribution in [0.2, 0.25) is 5.15 Å². The molecule has 1 aromatic rings. The van der Waals surface area contributed by atoms with Crippen LogP contribution in [0.5, 0.6) is 0 Å². The summed E-state index contributed by atoms with van der Waals surface area (Å²) in [5.41, 5.74) is -0.107. The van der Waals surface area contributed by atoms with Crippen molar-refractivity contribution in [2.45, 2.75) is 20.0 Å². The number of carboxylic acid groups (broad SMARTS) is 1. The van der Waals surface area contributed by atoms with Crippen LogP contribution in [0.25, 0.3) is 0 Å². The summed E-state index contributed by atoms with van der Waals surface area (Å²) in [7, 11) is 0. The quantitative estimate of drug-likeness (QED) is 0.800. The van der Waals surface area contributed by atoms with E-state index >= 15 is 0 Å². The van der Waals surface area contributed by atoms with Gasteiger partial charge in [0.1, 0.15) is 16.8 Å². The van der Waals surface area contributed by atoms with Gasteiger partial charge in [0.25, 0.3) is 0 Å². The number of carboxylic acids is 1. The Hall–Kier alpha value is -1.20. The molecule has 0 amide bonds. The highest BCUT2D eigenvalue weighted by molar-refractivity contribution is 6.32. The predicted octanol–water partition coefficient (Wildman–Crippen LogP) is 1.93. The summed E-state index contributed by atoms with van der Waals surface area (Å²) in [4.78, 5) is 18.4. The number of ether oxygens (including phenoxy) is 1. The molecule has 0 aliphatic heterocycles. The van der Waals surface area contributed by atoms with Gasteiger partial charge in [-0.3, -0.25) is 0 Å². The molecule has 1 aromatic heterocycles. The average molecular weight is 231 g/mol. The van der Waals surface area contributed by atoms with Crippen LogP contribution in [0, 0.1) is 0 Å². The second-order valence-electron chi connectivity index (χ2n) is 2.84. The molecule has 1 rings (SSSR count). The van der Waals surface area contributed by atoms with Gasteiger partial charge in [-0.25, -0.2) is 14.8 Å². The van der Waals surface area contributed by atoms with E-state index in [1.54, 1.807) is 6.92 Å². The van der Waals surface area contributed by atoms with E-state index in [-0.39, 0.29) is 16.8 Å². The minimum Gasteiger partial charge on any atom is -0.478 e. The standard InChI is InChI=1S/C9H11ClN2O3/c1-3-15-5(2)8-11-4-6(9(13)14)7(10)12-8/h4-5H,3H2,1-2H3,(H,13,14). The summed E-state index contributed by atoms with van der Waals surface area (Å²) in [5.74, 6) is -0.762. The van der Waals surface area contributed by atoms with Gasteiger partial charge in [-0.15, -0.1) is 0 Å². The van der Waals surface area contributed by atoms with Crippen molar-refractivity contribution in [2.24, 2.45) is 0 Å². The second-order valence-corrected chi connectivity index (χ2v) is 3.19. The number of hydrogen-bond acceptors (Lipinski definition) is 4. The smallest absolute Gasteiger partial charge is 0.340 e. The van der Waals surface area contributed by atoms with Crippen LogP contribution in [0.1, 0.15) is 36.1 Å². The van der Waals surface area contributed by atoms with Gasteiger partial charge in [-0.1, -0.05) is 11.6 Å². The molecule has 0 fully saturated rings. The van der Waals surface area contributed by atoms with E-state index in [4.69, 9.17) is 21.4 Å². The molecule has 0 aliphatic rings. The van der Waals surface area contributed by atoms with Crippen molar-refractivity contribution in [2.75, 3.05) is 6.61 Å². The number of rotatable bonds is 4. The van der Waals surface area contributed by atoms with E-state index in [2.05, 4.69) is 9.97 Å². The van der Waals surface area contributed by atoms with E-state index in [1.165, 1.54) is 6.20 Å². The molecule has 5 nitrogen and oxygen atoms in total. The zero-order valence-electron chi connectivity index (χ0n) is 8.40. The third-order valence-corrected chi connectivity index (χ3v) is 2.06. The number of carbonyl (C=O) groups is 1. The lowest BCUT2D eigenvalue weighted by Gasteiger charge is -2.10. The molecular formula is C9H11ClN2O3. The van der Waals surface area contributed by atoms with Crippen LogP contribution in [0.4, 0.5) is 0 Å². The first-order valence-electron chi connectivity index (χ1n) is 4.43. The topological polar surface area (TPSA) is 72.3 Å². The van der Waals surface area contributed by atoms with Crippen LogP contribution in [-0.2, 0) is 4.74 Å². The second kappa shape index (κ2) is 5.04. The third kappa shape index (κ3) is 2.87. The van der Waals surface area contributed by atoms with Crippen molar-refractivity contribution in [3.8, 4) is 0 Å². The summed E-state index contributed by atoms with van der Waals surface area (Å²) < 4.78 is 5.25. The number of nitrogens with zero attached hydrogens (tertiary/aromatic N) is 2. The molecule has 6 heteroatoms. The molecule has 0 saturated heterocycles. The molecule has 1 unspecified atom stereocenters. The molecule has 0 bridgehead atoms. The monoisotopic (exact) mass is 230 g/mol. The Morgan fingerprint density at radius 2 is 2.40 bits per heavy atom. The maximum absolute atomic E-state index is 10.6. The Morgan fingerprint density at radius 3 is 2.87 bits per heavy atom. The van der Waals surface area contributed by atoms with Crippen molar-refractivity contribution >= 4 is 17.6 Å². The molecule has 0 saturated carbocycles. The van der Waals surface area contributed by atoms with Crippen molar-refractivity contribution in [1.82, 2.24) is 9.97 Å². The zero-order valence-corrected chi connectivity index (χ0v) is 9.15. The van der Waals surface area contributed by atoms with Gasteiger partial charge in [0, 0.05) is 12.8 Å². The van der Waals surface area contributed by atoms with Crippen LogP contribution >= 0.6 is 11.6 Å². The summed E-state index contributed by atoms with van der Waals surface area (Å²) in [6.07, 6.45) is 0.887. The fraction of sp³-hybridized carbons (Fsp3) is 0.444. The Bertz CT molecular complexity index is 370. The van der Waals surface area contributed by atoms with Crippen molar-refractivity contribution in [3.05, 3.63) is 22.7 Å². The summed E-state index contributed by atoms with van der Waals surface area (Å²) in [6, 6.07) is 0. The third-order valence-electron chi connectivity index (χ3n) is 1.77. The fourth-order valence-corrected chi connectivity index (χ4v) is 1.25. The number of aromatic nitrogens is 2. The number of halogens is 1. The van der Waals surface area contributed by atoms with Gasteiger partial charge < -0.3 is 9.84 Å². The molecular weight excluding hydrogens is 220 g/mol. The molecule has 1 heterocycles. The molecule has 0 aromatic carbocycles. The highest BCUT2D eigenvalue weighted by atomic mass is 35.5. The molecule has 82 valence electrons. The normalized spacial score (nSPS) is 12.5. The lowest BCUT2D eigenvalue weighted by Crippen LogP contribution is -2.08. The Kier molecular flexibility index (Phi) is 3.99. The van der Waals surface area contributed by atoms with Gasteiger partial charge in [0.2, 0.25) is 0 Å².